The van der Waals surface area contributed by atoms with Gasteiger partial charge in [0.1, 0.15) is 0 Å². The maximum atomic E-state index is 11.5. The van der Waals surface area contributed by atoms with Crippen LogP contribution >= 0.6 is 0 Å². The van der Waals surface area contributed by atoms with E-state index in [1.165, 1.54) is 5.39 Å². The molecule has 4 heteroatoms. The summed E-state index contributed by atoms with van der Waals surface area (Å²) in [6.07, 6.45) is 2.60. The number of carbonyl (C=O) groups is 1. The van der Waals surface area contributed by atoms with Crippen molar-refractivity contribution >= 4 is 16.8 Å². The maximum absolute atomic E-state index is 11.5. The molecule has 0 saturated heterocycles. The lowest BCUT2D eigenvalue weighted by molar-refractivity contribution is -0.121. The van der Waals surface area contributed by atoms with Crippen molar-refractivity contribution in [2.75, 3.05) is 6.54 Å². The molecule has 0 bridgehead atoms. The number of H-pyrrole nitrogens is 1. The molecule has 1 amide bonds. The summed E-state index contributed by atoms with van der Waals surface area (Å²) < 4.78 is 0. The van der Waals surface area contributed by atoms with Gasteiger partial charge in [-0.15, -0.1) is 0 Å². The maximum Gasteiger partial charge on any atom is 0.220 e. The standard InChI is InChI=1S/C14H18N2O2/c1-10(17)8-16-14(18)7-6-11-9-15-13-5-3-2-4-12(11)13/h2-5,9-10,15,17H,6-8H2,1H3,(H,16,18). The van der Waals surface area contributed by atoms with Crippen LogP contribution in [0.1, 0.15) is 18.9 Å². The molecule has 4 nitrogen and oxygen atoms in total. The minimum absolute atomic E-state index is 0.0267. The van der Waals surface area contributed by atoms with E-state index in [2.05, 4.69) is 16.4 Å². The van der Waals surface area contributed by atoms with Crippen LogP contribution in [-0.2, 0) is 11.2 Å². The molecule has 3 N–H and O–H groups in total. The predicted octanol–water partition coefficient (Wildman–Crippen LogP) is 1.60. The van der Waals surface area contributed by atoms with Gasteiger partial charge in [-0.3, -0.25) is 4.79 Å². The summed E-state index contributed by atoms with van der Waals surface area (Å²) in [7, 11) is 0. The summed E-state index contributed by atoms with van der Waals surface area (Å²) in [5.74, 6) is -0.0267. The Labute approximate surface area is 106 Å². The summed E-state index contributed by atoms with van der Waals surface area (Å²) >= 11 is 0. The van der Waals surface area contributed by atoms with Gasteiger partial charge in [0.2, 0.25) is 5.91 Å². The molecule has 1 unspecified atom stereocenters. The largest absolute Gasteiger partial charge is 0.392 e. The van der Waals surface area contributed by atoms with Crippen molar-refractivity contribution in [3.63, 3.8) is 0 Å². The van der Waals surface area contributed by atoms with Crippen LogP contribution in [0.25, 0.3) is 10.9 Å². The van der Waals surface area contributed by atoms with Gasteiger partial charge in [0.05, 0.1) is 6.10 Å². The number of benzene rings is 1. The Hall–Kier alpha value is -1.81. The number of para-hydroxylation sites is 1. The van der Waals surface area contributed by atoms with Crippen LogP contribution in [0.4, 0.5) is 0 Å². The third-order valence-electron chi connectivity index (χ3n) is 2.89. The fourth-order valence-electron chi connectivity index (χ4n) is 1.94. The summed E-state index contributed by atoms with van der Waals surface area (Å²) in [5.41, 5.74) is 2.25. The molecule has 0 aliphatic heterocycles. The van der Waals surface area contributed by atoms with Gasteiger partial charge in [-0.25, -0.2) is 0 Å². The molecule has 0 radical (unpaired) electrons. The molecule has 0 spiro atoms. The van der Waals surface area contributed by atoms with Crippen molar-refractivity contribution in [3.8, 4) is 0 Å². The minimum atomic E-state index is -0.498. The summed E-state index contributed by atoms with van der Waals surface area (Å²) in [5, 5.41) is 12.9. The lowest BCUT2D eigenvalue weighted by Crippen LogP contribution is -2.30. The number of aliphatic hydroxyl groups is 1. The van der Waals surface area contributed by atoms with Crippen molar-refractivity contribution in [2.45, 2.75) is 25.9 Å². The van der Waals surface area contributed by atoms with E-state index in [9.17, 15) is 4.79 Å². The minimum Gasteiger partial charge on any atom is -0.392 e. The second kappa shape index (κ2) is 5.69. The van der Waals surface area contributed by atoms with Crippen molar-refractivity contribution < 1.29 is 9.90 Å². The Kier molecular flexibility index (Phi) is 3.99. The van der Waals surface area contributed by atoms with E-state index in [-0.39, 0.29) is 5.91 Å². The molecule has 0 saturated carbocycles. The molecule has 1 heterocycles. The lowest BCUT2D eigenvalue weighted by atomic mass is 10.1. The number of nitrogens with one attached hydrogen (secondary N) is 2. The van der Waals surface area contributed by atoms with Gasteiger partial charge < -0.3 is 15.4 Å². The lowest BCUT2D eigenvalue weighted by Gasteiger charge is -2.06. The highest BCUT2D eigenvalue weighted by Crippen LogP contribution is 2.18. The number of fused-ring (bicyclic) bond motifs is 1. The average molecular weight is 246 g/mol. The molecule has 0 aliphatic carbocycles. The first-order chi connectivity index (χ1) is 8.66. The molecule has 18 heavy (non-hydrogen) atoms. The van der Waals surface area contributed by atoms with Crippen molar-refractivity contribution in [3.05, 3.63) is 36.0 Å². The smallest absolute Gasteiger partial charge is 0.220 e. The van der Waals surface area contributed by atoms with Gasteiger partial charge in [0.15, 0.2) is 0 Å². The highest BCUT2D eigenvalue weighted by atomic mass is 16.3. The summed E-state index contributed by atoms with van der Waals surface area (Å²) in [6, 6.07) is 8.05. The van der Waals surface area contributed by atoms with Crippen LogP contribution in [-0.4, -0.2) is 28.6 Å². The third-order valence-corrected chi connectivity index (χ3v) is 2.89. The van der Waals surface area contributed by atoms with Gasteiger partial charge in [-0.05, 0) is 25.0 Å². The van der Waals surface area contributed by atoms with Crippen molar-refractivity contribution in [1.82, 2.24) is 10.3 Å². The molecule has 0 aliphatic rings. The van der Waals surface area contributed by atoms with Crippen molar-refractivity contribution in [1.29, 1.82) is 0 Å². The summed E-state index contributed by atoms with van der Waals surface area (Å²) in [4.78, 5) is 14.7. The molecule has 2 rings (SSSR count). The van der Waals surface area contributed by atoms with Gasteiger partial charge in [-0.2, -0.15) is 0 Å². The van der Waals surface area contributed by atoms with Gasteiger partial charge in [-0.1, -0.05) is 18.2 Å². The zero-order chi connectivity index (χ0) is 13.0. The topological polar surface area (TPSA) is 65.1 Å². The number of amides is 1. The second-order valence-electron chi connectivity index (χ2n) is 4.51. The Morgan fingerprint density at radius 1 is 1.44 bits per heavy atom. The Bertz CT molecular complexity index is 531. The van der Waals surface area contributed by atoms with Crippen LogP contribution in [0.3, 0.4) is 0 Å². The quantitative estimate of drug-likeness (QED) is 0.750. The number of hydrogen-bond donors (Lipinski definition) is 3. The first-order valence-electron chi connectivity index (χ1n) is 6.16. The Morgan fingerprint density at radius 2 is 2.22 bits per heavy atom. The zero-order valence-corrected chi connectivity index (χ0v) is 10.4. The molecule has 1 atom stereocenters. The van der Waals surface area contributed by atoms with Crippen molar-refractivity contribution in [2.24, 2.45) is 0 Å². The van der Waals surface area contributed by atoms with Gasteiger partial charge in [0.25, 0.3) is 0 Å². The number of aryl methyl sites for hydroxylation is 1. The van der Waals surface area contributed by atoms with Crippen LogP contribution in [0.15, 0.2) is 30.5 Å². The first-order valence-corrected chi connectivity index (χ1v) is 6.16. The average Bonchev–Trinajstić information content (AvgIpc) is 2.77. The molecular weight excluding hydrogens is 228 g/mol. The number of aromatic nitrogens is 1. The molecule has 0 fully saturated rings. The van der Waals surface area contributed by atoms with E-state index >= 15 is 0 Å². The number of aromatic amines is 1. The van der Waals surface area contributed by atoms with E-state index in [4.69, 9.17) is 5.11 Å². The third kappa shape index (κ3) is 3.11. The van der Waals surface area contributed by atoms with E-state index in [0.717, 1.165) is 11.1 Å². The number of carbonyl (C=O) groups excluding carboxylic acids is 1. The van der Waals surface area contributed by atoms with E-state index < -0.39 is 6.10 Å². The van der Waals surface area contributed by atoms with E-state index in [0.29, 0.717) is 19.4 Å². The highest BCUT2D eigenvalue weighted by Gasteiger charge is 2.07. The summed E-state index contributed by atoms with van der Waals surface area (Å²) in [6.45, 7) is 1.96. The van der Waals surface area contributed by atoms with Crippen LogP contribution in [0.5, 0.6) is 0 Å². The normalized spacial score (nSPS) is 12.6. The number of rotatable bonds is 5. The SMILES string of the molecule is CC(O)CNC(=O)CCc1c[nH]c2ccccc12. The molecule has 96 valence electrons. The number of hydrogen-bond acceptors (Lipinski definition) is 2. The molecule has 2 aromatic rings. The van der Waals surface area contributed by atoms with Crippen LogP contribution < -0.4 is 5.32 Å². The van der Waals surface area contributed by atoms with Crippen LogP contribution in [0.2, 0.25) is 0 Å². The van der Waals surface area contributed by atoms with E-state index in [1.807, 2.05) is 24.4 Å². The number of aliphatic hydroxyl groups excluding tert-OH is 1. The Morgan fingerprint density at radius 3 is 3.00 bits per heavy atom. The van der Waals surface area contributed by atoms with E-state index in [1.54, 1.807) is 6.92 Å². The fraction of sp³-hybridized carbons (Fsp3) is 0.357. The Balaban J connectivity index is 1.92. The molecule has 1 aromatic carbocycles. The monoisotopic (exact) mass is 246 g/mol. The first kappa shape index (κ1) is 12.6. The zero-order valence-electron chi connectivity index (χ0n) is 10.4. The predicted molar refractivity (Wildman–Crippen MR) is 71.3 cm³/mol. The molecule has 1 aromatic heterocycles. The fourth-order valence-corrected chi connectivity index (χ4v) is 1.94. The van der Waals surface area contributed by atoms with Gasteiger partial charge >= 0.3 is 0 Å². The second-order valence-corrected chi connectivity index (χ2v) is 4.51. The molecular formula is C14H18N2O2. The highest BCUT2D eigenvalue weighted by molar-refractivity contribution is 5.84. The van der Waals surface area contributed by atoms with Crippen LogP contribution in [0, 0.1) is 0 Å². The van der Waals surface area contributed by atoms with Gasteiger partial charge in [0, 0.05) is 30.1 Å².